The minimum absolute atomic E-state index is 0.222. The summed E-state index contributed by atoms with van der Waals surface area (Å²) < 4.78 is 33.3. The average molecular weight is 251 g/mol. The minimum Gasteiger partial charge on any atom is -0.349 e. The van der Waals surface area contributed by atoms with E-state index in [2.05, 4.69) is 5.32 Å². The van der Waals surface area contributed by atoms with E-state index in [0.717, 1.165) is 11.3 Å². The third-order valence-electron chi connectivity index (χ3n) is 1.69. The fraction of sp³-hybridized carbons (Fsp3) is 0.375. The second-order valence-corrected chi connectivity index (χ2v) is 5.71. The molecule has 0 radical (unpaired) electrons. The van der Waals surface area contributed by atoms with Gasteiger partial charge in [-0.3, -0.25) is 4.79 Å². The maximum Gasteiger partial charge on any atom is 0.341 e. The van der Waals surface area contributed by atoms with Gasteiger partial charge < -0.3 is 5.32 Å². The molecule has 15 heavy (non-hydrogen) atoms. The third kappa shape index (κ3) is 3.28. The Labute approximate surface area is 91.3 Å². The van der Waals surface area contributed by atoms with Crippen LogP contribution in [0.25, 0.3) is 0 Å². The summed E-state index contributed by atoms with van der Waals surface area (Å²) >= 11 is 0.812. The van der Waals surface area contributed by atoms with E-state index >= 15 is 0 Å². The lowest BCUT2D eigenvalue weighted by Gasteiger charge is -2.09. The third-order valence-corrected chi connectivity index (χ3v) is 4.22. The number of rotatable bonds is 3. The van der Waals surface area contributed by atoms with Crippen LogP contribution in [0.3, 0.4) is 0 Å². The van der Waals surface area contributed by atoms with Crippen molar-refractivity contribution in [3.63, 3.8) is 0 Å². The molecule has 0 aliphatic carbocycles. The molecule has 1 amide bonds. The second-order valence-electron chi connectivity index (χ2n) is 3.02. The van der Waals surface area contributed by atoms with Crippen molar-refractivity contribution in [3.05, 3.63) is 17.0 Å². The van der Waals surface area contributed by atoms with Crippen LogP contribution in [0.15, 0.2) is 16.3 Å². The van der Waals surface area contributed by atoms with Gasteiger partial charge in [-0.25, -0.2) is 0 Å². The Morgan fingerprint density at radius 1 is 1.53 bits per heavy atom. The lowest BCUT2D eigenvalue weighted by atomic mass is 10.3. The Balaban J connectivity index is 2.90. The van der Waals surface area contributed by atoms with Crippen LogP contribution in [0, 0.1) is 0 Å². The lowest BCUT2D eigenvalue weighted by Crippen LogP contribution is -2.22. The first kappa shape index (κ1) is 12.1. The molecule has 84 valence electrons. The van der Waals surface area contributed by atoms with E-state index in [4.69, 9.17) is 0 Å². The molecule has 0 aliphatic heterocycles. The highest BCUT2D eigenvalue weighted by Crippen LogP contribution is 2.27. The zero-order valence-electron chi connectivity index (χ0n) is 8.15. The molecule has 1 atom stereocenters. The zero-order chi connectivity index (χ0) is 11.6. The predicted molar refractivity (Wildman–Crippen MR) is 54.8 cm³/mol. The van der Waals surface area contributed by atoms with Crippen LogP contribution in [0.5, 0.6) is 0 Å². The molecule has 1 heterocycles. The van der Waals surface area contributed by atoms with E-state index in [-0.39, 0.29) is 16.2 Å². The van der Waals surface area contributed by atoms with Crippen molar-refractivity contribution in [1.82, 2.24) is 5.32 Å². The smallest absolute Gasteiger partial charge is 0.341 e. The highest BCUT2D eigenvalue weighted by molar-refractivity contribution is 7.88. The van der Waals surface area contributed by atoms with Crippen molar-refractivity contribution in [1.29, 1.82) is 0 Å². The number of amides is 1. The molecule has 1 aromatic rings. The van der Waals surface area contributed by atoms with Crippen molar-refractivity contribution in [2.24, 2.45) is 0 Å². The van der Waals surface area contributed by atoms with Gasteiger partial charge in [0.15, 0.2) is 4.21 Å². The molecule has 0 aromatic carbocycles. The monoisotopic (exact) mass is 251 g/mol. The molecular weight excluding hydrogens is 241 g/mol. The van der Waals surface area contributed by atoms with Gasteiger partial charge in [-0.1, -0.05) is 3.89 Å². The molecule has 0 saturated heterocycles. The first-order chi connectivity index (χ1) is 6.80. The van der Waals surface area contributed by atoms with Gasteiger partial charge in [0, 0.05) is 11.8 Å². The average Bonchev–Trinajstić information content (AvgIpc) is 2.48. The summed E-state index contributed by atoms with van der Waals surface area (Å²) in [5.74, 6) is -0.222. The van der Waals surface area contributed by atoms with Gasteiger partial charge in [0.25, 0.3) is 0 Å². The molecule has 0 saturated carbocycles. The molecule has 1 N–H and O–H groups in total. The van der Waals surface area contributed by atoms with Gasteiger partial charge >= 0.3 is 10.2 Å². The van der Waals surface area contributed by atoms with E-state index in [1.807, 2.05) is 0 Å². The van der Waals surface area contributed by atoms with Crippen LogP contribution < -0.4 is 5.32 Å². The summed E-state index contributed by atoms with van der Waals surface area (Å²) in [5.41, 5.74) is 0. The van der Waals surface area contributed by atoms with Gasteiger partial charge in [-0.15, -0.1) is 11.3 Å². The van der Waals surface area contributed by atoms with Crippen molar-refractivity contribution >= 4 is 27.5 Å². The topological polar surface area (TPSA) is 63.2 Å². The fourth-order valence-corrected chi connectivity index (χ4v) is 2.73. The van der Waals surface area contributed by atoms with E-state index in [9.17, 15) is 17.1 Å². The molecule has 1 aromatic heterocycles. The van der Waals surface area contributed by atoms with Crippen LogP contribution in [0.2, 0.25) is 0 Å². The van der Waals surface area contributed by atoms with E-state index in [1.54, 1.807) is 6.92 Å². The van der Waals surface area contributed by atoms with Crippen LogP contribution in [0.4, 0.5) is 3.89 Å². The van der Waals surface area contributed by atoms with Crippen LogP contribution in [0.1, 0.15) is 24.8 Å². The van der Waals surface area contributed by atoms with Crippen LogP contribution in [-0.4, -0.2) is 14.3 Å². The normalized spacial score (nSPS) is 13.5. The first-order valence-corrected chi connectivity index (χ1v) is 6.32. The zero-order valence-corrected chi connectivity index (χ0v) is 9.78. The molecule has 1 unspecified atom stereocenters. The fourth-order valence-electron chi connectivity index (χ4n) is 1.07. The number of hydrogen-bond donors (Lipinski definition) is 1. The Bertz CT molecular complexity index is 466. The van der Waals surface area contributed by atoms with Gasteiger partial charge in [0.05, 0.1) is 6.04 Å². The Morgan fingerprint density at radius 3 is 2.53 bits per heavy atom. The maximum absolute atomic E-state index is 12.6. The second kappa shape index (κ2) is 4.28. The van der Waals surface area contributed by atoms with Crippen LogP contribution >= 0.6 is 11.3 Å². The predicted octanol–water partition coefficient (Wildman–Crippen LogP) is 1.60. The molecule has 0 spiro atoms. The summed E-state index contributed by atoms with van der Waals surface area (Å²) in [6.07, 6.45) is 0. The SMILES string of the molecule is CC(=O)NC(C)c1ccc(S(=O)(=O)F)s1. The number of nitrogens with one attached hydrogen (secondary N) is 1. The number of thiophene rings is 1. The van der Waals surface area contributed by atoms with Gasteiger partial charge in [-0.05, 0) is 19.1 Å². The molecule has 1 rings (SSSR count). The van der Waals surface area contributed by atoms with Crippen molar-refractivity contribution in [2.45, 2.75) is 24.1 Å². The lowest BCUT2D eigenvalue weighted by molar-refractivity contribution is -0.119. The largest absolute Gasteiger partial charge is 0.349 e. The van der Waals surface area contributed by atoms with Crippen molar-refractivity contribution < 1.29 is 17.1 Å². The molecular formula is C8H10FNO3S2. The number of halogens is 1. The molecule has 0 fully saturated rings. The maximum atomic E-state index is 12.6. The van der Waals surface area contributed by atoms with Gasteiger partial charge in [0.1, 0.15) is 0 Å². The Kier molecular flexibility index (Phi) is 3.46. The first-order valence-electron chi connectivity index (χ1n) is 4.12. The highest BCUT2D eigenvalue weighted by atomic mass is 32.3. The highest BCUT2D eigenvalue weighted by Gasteiger charge is 2.17. The Morgan fingerprint density at radius 2 is 2.13 bits per heavy atom. The standard InChI is InChI=1S/C8H10FNO3S2/c1-5(10-6(2)11)7-3-4-8(14-7)15(9,12)13/h3-5H,1-2H3,(H,10,11). The van der Waals surface area contributed by atoms with E-state index < -0.39 is 10.2 Å². The molecule has 0 bridgehead atoms. The number of hydrogen-bond acceptors (Lipinski definition) is 4. The van der Waals surface area contributed by atoms with E-state index in [1.165, 1.54) is 19.1 Å². The summed E-state index contributed by atoms with van der Waals surface area (Å²) in [5, 5.41) is 2.58. The van der Waals surface area contributed by atoms with Crippen LogP contribution in [-0.2, 0) is 15.0 Å². The summed E-state index contributed by atoms with van der Waals surface area (Å²) in [7, 11) is -4.64. The number of carbonyl (C=O) groups is 1. The number of carbonyl (C=O) groups excluding carboxylic acids is 1. The van der Waals surface area contributed by atoms with E-state index in [0.29, 0.717) is 4.88 Å². The Hall–Kier alpha value is -0.950. The summed E-state index contributed by atoms with van der Waals surface area (Å²) in [6.45, 7) is 3.05. The van der Waals surface area contributed by atoms with Gasteiger partial charge in [-0.2, -0.15) is 8.42 Å². The quantitative estimate of drug-likeness (QED) is 0.830. The van der Waals surface area contributed by atoms with Crippen molar-refractivity contribution in [2.75, 3.05) is 0 Å². The molecule has 0 aliphatic rings. The summed E-state index contributed by atoms with van der Waals surface area (Å²) in [6, 6.07) is 2.36. The van der Waals surface area contributed by atoms with Gasteiger partial charge in [0.2, 0.25) is 5.91 Å². The van der Waals surface area contributed by atoms with Crippen molar-refractivity contribution in [3.8, 4) is 0 Å². The summed E-state index contributed by atoms with van der Waals surface area (Å²) in [4.78, 5) is 11.3. The molecule has 4 nitrogen and oxygen atoms in total. The minimum atomic E-state index is -4.64. The molecule has 7 heteroatoms.